The number of nitrogens with two attached hydrogens (primary N) is 1. The van der Waals surface area contributed by atoms with Crippen LogP contribution in [0.15, 0.2) is 29.1 Å². The molecule has 0 aliphatic rings. The van der Waals surface area contributed by atoms with Gasteiger partial charge in [-0.3, -0.25) is 9.36 Å². The number of H-pyrrole nitrogens is 1. The number of benzene rings is 1. The Bertz CT molecular complexity index is 582. The molecule has 5 heteroatoms. The smallest absolute Gasteiger partial charge is 0.320 e. The fourth-order valence-electron chi connectivity index (χ4n) is 1.61. The van der Waals surface area contributed by atoms with Gasteiger partial charge in [-0.05, 0) is 19.1 Å². The Morgan fingerprint density at radius 1 is 1.50 bits per heavy atom. The quantitative estimate of drug-likeness (QED) is 0.776. The van der Waals surface area contributed by atoms with Crippen molar-refractivity contribution >= 4 is 16.8 Å². The number of hydrogen-bond donors (Lipinski definition) is 2. The number of nitrogens with zero attached hydrogens (tertiary/aromatic N) is 1. The van der Waals surface area contributed by atoms with Gasteiger partial charge in [0.05, 0.1) is 17.1 Å². The zero-order valence-corrected chi connectivity index (χ0v) is 8.93. The molecular formula is C11H13N3O2. The number of ketones is 1. The molecule has 1 aromatic heterocycles. The van der Waals surface area contributed by atoms with Gasteiger partial charge in [0.1, 0.15) is 5.78 Å². The molecule has 0 saturated heterocycles. The first-order chi connectivity index (χ1) is 7.59. The lowest BCUT2D eigenvalue weighted by molar-refractivity contribution is -0.118. The highest BCUT2D eigenvalue weighted by atomic mass is 16.1. The number of nitrogens with one attached hydrogen (secondary N) is 1. The van der Waals surface area contributed by atoms with Crippen molar-refractivity contribution < 1.29 is 4.79 Å². The van der Waals surface area contributed by atoms with Crippen LogP contribution in [0.3, 0.4) is 0 Å². The molecular weight excluding hydrogens is 206 g/mol. The van der Waals surface area contributed by atoms with Crippen molar-refractivity contribution in [3.05, 3.63) is 34.7 Å². The summed E-state index contributed by atoms with van der Waals surface area (Å²) in [6.07, 6.45) is 0. The first-order valence-corrected chi connectivity index (χ1v) is 5.03. The van der Waals surface area contributed by atoms with E-state index >= 15 is 0 Å². The third kappa shape index (κ3) is 1.77. The van der Waals surface area contributed by atoms with Crippen LogP contribution in [0, 0.1) is 0 Å². The average Bonchev–Trinajstić information content (AvgIpc) is 2.55. The normalized spacial score (nSPS) is 12.9. The summed E-state index contributed by atoms with van der Waals surface area (Å²) >= 11 is 0. The van der Waals surface area contributed by atoms with Crippen molar-refractivity contribution in [3.63, 3.8) is 0 Å². The maximum Gasteiger partial charge on any atom is 0.326 e. The first-order valence-electron chi connectivity index (χ1n) is 5.03. The van der Waals surface area contributed by atoms with Crippen molar-refractivity contribution in [2.45, 2.75) is 19.5 Å². The number of aromatic nitrogens is 2. The Morgan fingerprint density at radius 2 is 2.19 bits per heavy atom. The number of carbonyl (C=O) groups excluding carboxylic acids is 1. The minimum Gasteiger partial charge on any atom is -0.320 e. The topological polar surface area (TPSA) is 80.9 Å². The van der Waals surface area contributed by atoms with Gasteiger partial charge in [-0.15, -0.1) is 0 Å². The molecule has 0 spiro atoms. The van der Waals surface area contributed by atoms with Crippen molar-refractivity contribution in [1.29, 1.82) is 0 Å². The monoisotopic (exact) mass is 219 g/mol. The van der Waals surface area contributed by atoms with Gasteiger partial charge in [-0.2, -0.15) is 0 Å². The standard InChI is InChI=1S/C11H13N3O2/c1-7(15)8(12)6-14-10-5-3-2-4-9(10)13-11(14)16/h2-5,8H,6,12H2,1H3,(H,13,16)/t8-/m1/s1. The second-order valence-corrected chi connectivity index (χ2v) is 3.78. The number of hydrogen-bond acceptors (Lipinski definition) is 3. The van der Waals surface area contributed by atoms with Gasteiger partial charge in [0.2, 0.25) is 0 Å². The molecule has 0 radical (unpaired) electrons. The van der Waals surface area contributed by atoms with E-state index < -0.39 is 6.04 Å². The Hall–Kier alpha value is -1.88. The van der Waals surface area contributed by atoms with Crippen molar-refractivity contribution in [2.75, 3.05) is 0 Å². The van der Waals surface area contributed by atoms with Gasteiger partial charge in [0.25, 0.3) is 0 Å². The Morgan fingerprint density at radius 3 is 2.88 bits per heavy atom. The van der Waals surface area contributed by atoms with Crippen LogP contribution in [0.2, 0.25) is 0 Å². The van der Waals surface area contributed by atoms with Crippen molar-refractivity contribution in [1.82, 2.24) is 9.55 Å². The molecule has 1 atom stereocenters. The molecule has 0 bridgehead atoms. The van der Waals surface area contributed by atoms with Crippen LogP contribution in [0.25, 0.3) is 11.0 Å². The molecule has 0 amide bonds. The lowest BCUT2D eigenvalue weighted by Crippen LogP contribution is -2.36. The van der Waals surface area contributed by atoms with Gasteiger partial charge >= 0.3 is 5.69 Å². The van der Waals surface area contributed by atoms with E-state index in [4.69, 9.17) is 5.73 Å². The number of para-hydroxylation sites is 2. The third-order valence-corrected chi connectivity index (χ3v) is 2.58. The van der Waals surface area contributed by atoms with Gasteiger partial charge in [0, 0.05) is 6.54 Å². The second-order valence-electron chi connectivity index (χ2n) is 3.78. The molecule has 84 valence electrons. The second kappa shape index (κ2) is 3.94. The summed E-state index contributed by atoms with van der Waals surface area (Å²) in [4.78, 5) is 25.4. The molecule has 0 saturated carbocycles. The van der Waals surface area contributed by atoms with Gasteiger partial charge in [0.15, 0.2) is 0 Å². The Labute approximate surface area is 91.9 Å². The minimum atomic E-state index is -0.642. The molecule has 1 aromatic carbocycles. The summed E-state index contributed by atoms with van der Waals surface area (Å²) in [6.45, 7) is 1.63. The molecule has 2 rings (SSSR count). The fourth-order valence-corrected chi connectivity index (χ4v) is 1.61. The van der Waals surface area contributed by atoms with Crippen LogP contribution in [0.5, 0.6) is 0 Å². The molecule has 0 aliphatic heterocycles. The molecule has 2 aromatic rings. The van der Waals surface area contributed by atoms with Gasteiger partial charge < -0.3 is 10.7 Å². The summed E-state index contributed by atoms with van der Waals surface area (Å²) in [6, 6.07) is 6.67. The number of carbonyl (C=O) groups is 1. The predicted molar refractivity (Wildman–Crippen MR) is 61.2 cm³/mol. The van der Waals surface area contributed by atoms with E-state index in [1.54, 1.807) is 0 Å². The predicted octanol–water partition coefficient (Wildman–Crippen LogP) is 0.246. The van der Waals surface area contributed by atoms with E-state index in [0.717, 1.165) is 11.0 Å². The highest BCUT2D eigenvalue weighted by Gasteiger charge is 2.13. The van der Waals surface area contributed by atoms with Crippen LogP contribution in [-0.4, -0.2) is 21.4 Å². The van der Waals surface area contributed by atoms with E-state index in [2.05, 4.69) is 4.98 Å². The van der Waals surface area contributed by atoms with E-state index in [9.17, 15) is 9.59 Å². The average molecular weight is 219 g/mol. The number of imidazole rings is 1. The number of rotatable bonds is 3. The number of Topliss-reactive ketones (excluding diaryl/α,β-unsaturated/α-hetero) is 1. The largest absolute Gasteiger partial charge is 0.326 e. The van der Waals surface area contributed by atoms with E-state index in [0.29, 0.717) is 0 Å². The SMILES string of the molecule is CC(=O)[C@H](N)Cn1c(=O)[nH]c2ccccc21. The molecule has 5 nitrogen and oxygen atoms in total. The van der Waals surface area contributed by atoms with Crippen molar-refractivity contribution in [2.24, 2.45) is 5.73 Å². The van der Waals surface area contributed by atoms with Crippen molar-refractivity contribution in [3.8, 4) is 0 Å². The molecule has 0 unspecified atom stereocenters. The zero-order valence-electron chi connectivity index (χ0n) is 8.93. The molecule has 0 aliphatic carbocycles. The summed E-state index contributed by atoms with van der Waals surface area (Å²) in [5.74, 6) is -0.128. The van der Waals surface area contributed by atoms with Gasteiger partial charge in [-0.1, -0.05) is 12.1 Å². The third-order valence-electron chi connectivity index (χ3n) is 2.58. The van der Waals surface area contributed by atoms with Crippen LogP contribution in [-0.2, 0) is 11.3 Å². The molecule has 3 N–H and O–H groups in total. The Balaban J connectivity index is 2.48. The summed E-state index contributed by atoms with van der Waals surface area (Å²) in [5, 5.41) is 0. The van der Waals surface area contributed by atoms with E-state index in [1.165, 1.54) is 11.5 Å². The lowest BCUT2D eigenvalue weighted by Gasteiger charge is -2.08. The highest BCUT2D eigenvalue weighted by molar-refractivity contribution is 5.81. The maximum atomic E-state index is 11.6. The summed E-state index contributed by atoms with van der Waals surface area (Å²) in [7, 11) is 0. The van der Waals surface area contributed by atoms with Crippen LogP contribution < -0.4 is 11.4 Å². The number of aromatic amines is 1. The summed E-state index contributed by atoms with van der Waals surface area (Å²) < 4.78 is 1.49. The van der Waals surface area contributed by atoms with Crippen LogP contribution >= 0.6 is 0 Å². The van der Waals surface area contributed by atoms with E-state index in [-0.39, 0.29) is 18.0 Å². The highest BCUT2D eigenvalue weighted by Crippen LogP contribution is 2.09. The molecule has 0 fully saturated rings. The minimum absolute atomic E-state index is 0.128. The summed E-state index contributed by atoms with van der Waals surface area (Å²) in [5.41, 5.74) is 6.93. The Kier molecular flexibility index (Phi) is 2.62. The fraction of sp³-hybridized carbons (Fsp3) is 0.273. The molecule has 1 heterocycles. The zero-order chi connectivity index (χ0) is 11.7. The first kappa shape index (κ1) is 10.6. The van der Waals surface area contributed by atoms with Crippen LogP contribution in [0.1, 0.15) is 6.92 Å². The van der Waals surface area contributed by atoms with Gasteiger partial charge in [-0.25, -0.2) is 4.79 Å². The molecule has 16 heavy (non-hydrogen) atoms. The maximum absolute atomic E-state index is 11.6. The van der Waals surface area contributed by atoms with E-state index in [1.807, 2.05) is 24.3 Å². The number of fused-ring (bicyclic) bond motifs is 1. The lowest BCUT2D eigenvalue weighted by atomic mass is 10.2. The van der Waals surface area contributed by atoms with Crippen LogP contribution in [0.4, 0.5) is 0 Å².